The molecule has 9 aliphatic rings. The first-order valence-corrected chi connectivity index (χ1v) is 26.9. The molecule has 5 saturated heterocycles. The van der Waals surface area contributed by atoms with Gasteiger partial charge in [-0.25, -0.2) is 0 Å². The van der Waals surface area contributed by atoms with Gasteiger partial charge in [0.15, 0.2) is 31.3 Å². The van der Waals surface area contributed by atoms with E-state index in [0.29, 0.717) is 63.4 Å². The highest BCUT2D eigenvalue weighted by Gasteiger charge is 2.70. The minimum absolute atomic E-state index is 0.0705. The number of hydrogen-bond donors (Lipinski definition) is 17. The molecular weight excluding hydrogens is 1050 g/mol. The van der Waals surface area contributed by atoms with Crippen molar-refractivity contribution in [2.75, 3.05) is 33.0 Å². The summed E-state index contributed by atoms with van der Waals surface area (Å²) in [5.41, 5.74) is -2.81. The predicted molar refractivity (Wildman–Crippen MR) is 252 cm³/mol. The highest BCUT2D eigenvalue weighted by atomic mass is 16.8. The van der Waals surface area contributed by atoms with Gasteiger partial charge in [-0.1, -0.05) is 19.9 Å². The summed E-state index contributed by atoms with van der Waals surface area (Å²) < 4.78 is 60.3. The van der Waals surface area contributed by atoms with Gasteiger partial charge in [-0.2, -0.15) is 0 Å². The van der Waals surface area contributed by atoms with Crippen molar-refractivity contribution >= 4 is 5.97 Å². The van der Waals surface area contributed by atoms with E-state index < -0.39 is 214 Å². The zero-order valence-corrected chi connectivity index (χ0v) is 43.3. The van der Waals surface area contributed by atoms with Crippen molar-refractivity contribution in [3.8, 4) is 0 Å². The molecule has 9 fully saturated rings. The summed E-state index contributed by atoms with van der Waals surface area (Å²) in [5.74, 6) is -1.14. The number of aliphatic hydroxyl groups is 17. The second kappa shape index (κ2) is 23.3. The van der Waals surface area contributed by atoms with Crippen LogP contribution in [0, 0.1) is 28.1 Å². The summed E-state index contributed by atoms with van der Waals surface area (Å²) in [7, 11) is 0. The predicted octanol–water partition coefficient (Wildman–Crippen LogP) is -7.29. The van der Waals surface area contributed by atoms with Gasteiger partial charge < -0.3 is 134 Å². The van der Waals surface area contributed by atoms with Crippen LogP contribution in [0.1, 0.15) is 71.6 Å². The highest BCUT2D eigenvalue weighted by Crippen LogP contribution is 2.74. The molecule has 17 N–H and O–H groups in total. The lowest BCUT2D eigenvalue weighted by Crippen LogP contribution is -2.68. The number of rotatable bonds is 15. The van der Waals surface area contributed by atoms with Crippen molar-refractivity contribution in [1.82, 2.24) is 0 Å². The number of hydrogen-bond acceptors (Lipinski definition) is 28. The summed E-state index contributed by atoms with van der Waals surface area (Å²) in [5, 5.41) is 181. The van der Waals surface area contributed by atoms with Crippen molar-refractivity contribution in [3.05, 3.63) is 12.2 Å². The van der Waals surface area contributed by atoms with Crippen molar-refractivity contribution in [3.63, 3.8) is 0 Å². The van der Waals surface area contributed by atoms with Gasteiger partial charge in [0.05, 0.1) is 44.1 Å². The third kappa shape index (κ3) is 10.3. The molecule has 28 nitrogen and oxygen atoms in total. The fourth-order valence-electron chi connectivity index (χ4n) is 15.0. The maximum atomic E-state index is 14.9. The zero-order valence-electron chi connectivity index (χ0n) is 43.3. The molecular formula is C50H80O28. The van der Waals surface area contributed by atoms with Crippen LogP contribution in [0.4, 0.5) is 0 Å². The smallest absolute Gasteiger partial charge is 0.314 e. The van der Waals surface area contributed by atoms with Crippen LogP contribution < -0.4 is 0 Å². The average Bonchev–Trinajstić information content (AvgIpc) is 3.61. The molecule has 0 amide bonds. The number of carbonyl (C=O) groups is 1. The Morgan fingerprint density at radius 1 is 0.487 bits per heavy atom. The maximum absolute atomic E-state index is 14.9. The second-order valence-electron chi connectivity index (χ2n) is 23.6. The Kier molecular flexibility index (Phi) is 18.2. The molecule has 1 spiro atoms. The van der Waals surface area contributed by atoms with E-state index in [4.69, 9.17) is 47.4 Å². The fraction of sp³-hybridized carbons (Fsp3) is 0.940. The van der Waals surface area contributed by atoms with Gasteiger partial charge in [0.2, 0.25) is 6.29 Å². The van der Waals surface area contributed by atoms with Crippen molar-refractivity contribution in [1.29, 1.82) is 0 Å². The van der Waals surface area contributed by atoms with Gasteiger partial charge >= 0.3 is 5.97 Å². The molecule has 4 saturated carbocycles. The molecule has 5 aliphatic heterocycles. The molecule has 5 heterocycles. The van der Waals surface area contributed by atoms with Crippen LogP contribution in [-0.4, -0.2) is 285 Å². The Hall–Kier alpha value is -1.83. The zero-order chi connectivity index (χ0) is 56.7. The van der Waals surface area contributed by atoms with Gasteiger partial charge in [-0.05, 0) is 86.5 Å². The summed E-state index contributed by atoms with van der Waals surface area (Å²) in [6, 6.07) is 0. The molecule has 0 aromatic carbocycles. The Bertz CT molecular complexity index is 2070. The summed E-state index contributed by atoms with van der Waals surface area (Å²) >= 11 is 0. The van der Waals surface area contributed by atoms with E-state index in [2.05, 4.69) is 13.5 Å². The second-order valence-corrected chi connectivity index (χ2v) is 23.6. The lowest BCUT2D eigenvalue weighted by atomic mass is 9.41. The van der Waals surface area contributed by atoms with Gasteiger partial charge in [0, 0.05) is 0 Å². The molecule has 2 bridgehead atoms. The van der Waals surface area contributed by atoms with Crippen LogP contribution in [-0.2, 0) is 52.2 Å². The average molecular weight is 1130 g/mol. The van der Waals surface area contributed by atoms with E-state index in [1.165, 1.54) is 0 Å². The Balaban J connectivity index is 0.968. The topological polar surface area (TPSA) is 453 Å². The van der Waals surface area contributed by atoms with Gasteiger partial charge in [-0.15, -0.1) is 0 Å². The van der Waals surface area contributed by atoms with Crippen LogP contribution in [0.25, 0.3) is 0 Å². The standard InChI is InChI=1S/C50H80O28/c1-18-11-49-9-5-24-47(2,7-4-8-48(24,3)46(68)77-44-39(34(64)29(59)22(15-54)72-44)75-42-36(66)32(62)27(57)20(13-52)70-42)25(49)6-10-50(18,17-49)78-45-40(76-43-37(67)33(63)28(58)21(14-53)71-43)38(30(60)23(16-55)73-45)74-41-35(65)31(61)26(56)19(12-51)69-41/h19-45,51-67H,1,4-17H2,2-3H3/t19?,20?,21?,22?,23?,24?,25-,26?,27?,28?,29?,30?,31?,32?,33?,34?,35?,36?,37?,38?,39?,40?,41?,42?,43?,44?,45?,47+,48+,49+,50?/m0/s1. The van der Waals surface area contributed by atoms with Crippen LogP contribution >= 0.6 is 0 Å². The molecule has 448 valence electrons. The van der Waals surface area contributed by atoms with Crippen LogP contribution in [0.2, 0.25) is 0 Å². The van der Waals surface area contributed by atoms with Crippen LogP contribution in [0.3, 0.4) is 0 Å². The quantitative estimate of drug-likeness (QED) is 0.0411. The Morgan fingerprint density at radius 2 is 0.910 bits per heavy atom. The van der Waals surface area contributed by atoms with E-state index in [9.17, 15) is 91.6 Å². The van der Waals surface area contributed by atoms with E-state index in [1.807, 2.05) is 0 Å². The fourth-order valence-corrected chi connectivity index (χ4v) is 15.0. The van der Waals surface area contributed by atoms with E-state index in [1.54, 1.807) is 6.92 Å². The van der Waals surface area contributed by atoms with E-state index in [-0.39, 0.29) is 11.8 Å². The molecule has 28 heteroatoms. The van der Waals surface area contributed by atoms with Crippen LogP contribution in [0.15, 0.2) is 12.2 Å². The number of esters is 1. The lowest BCUT2D eigenvalue weighted by molar-refractivity contribution is -0.400. The van der Waals surface area contributed by atoms with Crippen molar-refractivity contribution in [2.24, 2.45) is 28.1 Å². The first-order valence-electron chi connectivity index (χ1n) is 26.9. The van der Waals surface area contributed by atoms with Crippen LogP contribution in [0.5, 0.6) is 0 Å². The first kappa shape index (κ1) is 60.8. The molecule has 78 heavy (non-hydrogen) atoms. The summed E-state index contributed by atoms with van der Waals surface area (Å²) in [6.07, 6.45) is -39.9. The SMILES string of the molecule is C=C1C[C@@]23CCC4[C@](C)(C(=O)OC5OC(CO)C(O)C(O)C5OC5OC(CO)C(O)C(O)C5O)CCC[C@@]4(C)[C@@H]2CCC1(OC1OC(CO)C(O)C(OC2OC(CO)C(O)C(O)C2O)C1OC1OC(CO)C(O)C(O)C1O)C3. The van der Waals surface area contributed by atoms with Gasteiger partial charge in [0.1, 0.15) is 116 Å². The normalized spacial score (nSPS) is 54.5. The third-order valence-electron chi connectivity index (χ3n) is 19.2. The number of ether oxygens (including phenoxy) is 10. The maximum Gasteiger partial charge on any atom is 0.314 e. The Labute approximate surface area is 448 Å². The molecule has 9 rings (SSSR count). The summed E-state index contributed by atoms with van der Waals surface area (Å²) in [6.45, 7) is 4.32. The minimum Gasteiger partial charge on any atom is -0.432 e. The first-order chi connectivity index (χ1) is 36.9. The number of fused-ring (bicyclic) bond motifs is 3. The highest BCUT2D eigenvalue weighted by molar-refractivity contribution is 5.77. The number of aliphatic hydroxyl groups excluding tert-OH is 17. The molecule has 4 aliphatic carbocycles. The molecule has 0 aromatic rings. The molecule has 31 atom stereocenters. The summed E-state index contributed by atoms with van der Waals surface area (Å²) in [4.78, 5) is 14.9. The largest absolute Gasteiger partial charge is 0.432 e. The van der Waals surface area contributed by atoms with Gasteiger partial charge in [0.25, 0.3) is 0 Å². The molecule has 0 radical (unpaired) electrons. The van der Waals surface area contributed by atoms with Crippen molar-refractivity contribution in [2.45, 2.75) is 231 Å². The minimum atomic E-state index is -1.99. The lowest BCUT2D eigenvalue weighted by Gasteiger charge is -2.64. The van der Waals surface area contributed by atoms with Crippen molar-refractivity contribution < 1.29 is 139 Å². The van der Waals surface area contributed by atoms with E-state index >= 15 is 0 Å². The van der Waals surface area contributed by atoms with E-state index in [0.717, 1.165) is 0 Å². The molecule has 27 unspecified atom stereocenters. The monoisotopic (exact) mass is 1130 g/mol. The molecule has 0 aromatic heterocycles. The number of carbonyl (C=O) groups excluding carboxylic acids is 1. The Morgan fingerprint density at radius 3 is 1.41 bits per heavy atom. The third-order valence-corrected chi connectivity index (χ3v) is 19.2. The van der Waals surface area contributed by atoms with Gasteiger partial charge in [-0.3, -0.25) is 4.79 Å².